The van der Waals surface area contributed by atoms with Crippen molar-refractivity contribution in [1.82, 2.24) is 0 Å². The Labute approximate surface area is 298 Å². The number of aryl methyl sites for hydroxylation is 1. The van der Waals surface area contributed by atoms with E-state index in [1.54, 1.807) is 12.1 Å². The van der Waals surface area contributed by atoms with Gasteiger partial charge in [0.2, 0.25) is 0 Å². The Bertz CT molecular complexity index is 1270. The highest BCUT2D eigenvalue weighted by Gasteiger charge is 2.13. The van der Waals surface area contributed by atoms with Gasteiger partial charge in [-0.1, -0.05) is 124 Å². The largest absolute Gasteiger partial charge is 0.494 e. The SMILES string of the molecule is CCCCCCCCCc1cc(OC(=O)c2ccc(OCCCCCCCC)cc2)ccc1Oc1ccc(OCCCCCCCC)cc1. The average Bonchev–Trinajstić information content (AvgIpc) is 3.12. The molecule has 5 nitrogen and oxygen atoms in total. The molecule has 3 rings (SSSR count). The first kappa shape index (κ1) is 40.0. The molecule has 0 aliphatic rings. The number of esters is 1. The fraction of sp³-hybridized carbons (Fsp3) is 0.568. The number of hydrogen-bond donors (Lipinski definition) is 0. The van der Waals surface area contributed by atoms with Gasteiger partial charge in [0.1, 0.15) is 28.7 Å². The van der Waals surface area contributed by atoms with Crippen LogP contribution >= 0.6 is 0 Å². The monoisotopic (exact) mass is 672 g/mol. The second-order valence-electron chi connectivity index (χ2n) is 13.4. The van der Waals surface area contributed by atoms with Gasteiger partial charge in [0.15, 0.2) is 0 Å². The molecule has 3 aromatic carbocycles. The summed E-state index contributed by atoms with van der Waals surface area (Å²) in [6, 6.07) is 20.8. The fourth-order valence-corrected chi connectivity index (χ4v) is 5.92. The molecule has 0 heterocycles. The van der Waals surface area contributed by atoms with Crippen LogP contribution in [0, 0.1) is 0 Å². The molecule has 0 atom stereocenters. The molecule has 0 fully saturated rings. The summed E-state index contributed by atoms with van der Waals surface area (Å²) in [6.07, 6.45) is 24.3. The lowest BCUT2D eigenvalue weighted by atomic mass is 10.0. The van der Waals surface area contributed by atoms with Gasteiger partial charge in [0.05, 0.1) is 18.8 Å². The highest BCUT2D eigenvalue weighted by Crippen LogP contribution is 2.32. The Balaban J connectivity index is 1.55. The summed E-state index contributed by atoms with van der Waals surface area (Å²) >= 11 is 0. The lowest BCUT2D eigenvalue weighted by Gasteiger charge is -2.14. The fourth-order valence-electron chi connectivity index (χ4n) is 5.92. The Hall–Kier alpha value is -3.47. The summed E-state index contributed by atoms with van der Waals surface area (Å²) in [5.74, 6) is 3.34. The molecule has 0 aromatic heterocycles. The standard InChI is InChI=1S/C44H64O5/c1-4-7-10-13-16-17-20-23-38-36-42(49-44(45)37-24-26-39(27-25-37)46-34-21-18-14-11-8-5-2)32-33-43(38)48-41-30-28-40(29-31-41)47-35-22-19-15-12-9-6-3/h24-33,36H,4-23,34-35H2,1-3H3. The van der Waals surface area contributed by atoms with Crippen molar-refractivity contribution in [3.8, 4) is 28.7 Å². The highest BCUT2D eigenvalue weighted by molar-refractivity contribution is 5.91. The summed E-state index contributed by atoms with van der Waals surface area (Å²) in [5.41, 5.74) is 1.54. The first-order valence-corrected chi connectivity index (χ1v) is 19.6. The minimum atomic E-state index is -0.380. The minimum absolute atomic E-state index is 0.380. The Morgan fingerprint density at radius 3 is 1.43 bits per heavy atom. The van der Waals surface area contributed by atoms with Crippen molar-refractivity contribution >= 4 is 5.97 Å². The molecule has 270 valence electrons. The average molecular weight is 673 g/mol. The predicted molar refractivity (Wildman–Crippen MR) is 204 cm³/mol. The van der Waals surface area contributed by atoms with Crippen LogP contribution in [-0.4, -0.2) is 19.2 Å². The zero-order chi connectivity index (χ0) is 34.8. The van der Waals surface area contributed by atoms with Gasteiger partial charge in [-0.15, -0.1) is 0 Å². The van der Waals surface area contributed by atoms with Gasteiger partial charge in [-0.05, 0) is 98.0 Å². The normalized spacial score (nSPS) is 11.0. The predicted octanol–water partition coefficient (Wildman–Crippen LogP) is 13.5. The molecule has 0 unspecified atom stereocenters. The maximum atomic E-state index is 13.1. The molecule has 5 heteroatoms. The topological polar surface area (TPSA) is 54.0 Å². The van der Waals surface area contributed by atoms with Crippen LogP contribution in [-0.2, 0) is 6.42 Å². The number of hydrogen-bond acceptors (Lipinski definition) is 5. The number of carbonyl (C=O) groups is 1. The van der Waals surface area contributed by atoms with Crippen LogP contribution in [0.2, 0.25) is 0 Å². The van der Waals surface area contributed by atoms with Crippen molar-refractivity contribution in [2.75, 3.05) is 13.2 Å². The van der Waals surface area contributed by atoms with Gasteiger partial charge < -0.3 is 18.9 Å². The summed E-state index contributed by atoms with van der Waals surface area (Å²) in [5, 5.41) is 0. The quantitative estimate of drug-likeness (QED) is 0.0436. The van der Waals surface area contributed by atoms with Gasteiger partial charge in [-0.2, -0.15) is 0 Å². The summed E-state index contributed by atoms with van der Waals surface area (Å²) in [7, 11) is 0. The van der Waals surface area contributed by atoms with E-state index in [0.29, 0.717) is 17.9 Å². The third kappa shape index (κ3) is 17.2. The third-order valence-electron chi connectivity index (χ3n) is 8.97. The zero-order valence-corrected chi connectivity index (χ0v) is 30.9. The van der Waals surface area contributed by atoms with E-state index in [2.05, 4.69) is 20.8 Å². The molecule has 3 aromatic rings. The van der Waals surface area contributed by atoms with Crippen molar-refractivity contribution in [2.24, 2.45) is 0 Å². The van der Waals surface area contributed by atoms with E-state index in [-0.39, 0.29) is 5.97 Å². The minimum Gasteiger partial charge on any atom is -0.494 e. The lowest BCUT2D eigenvalue weighted by molar-refractivity contribution is 0.0734. The van der Waals surface area contributed by atoms with Gasteiger partial charge >= 0.3 is 5.97 Å². The lowest BCUT2D eigenvalue weighted by Crippen LogP contribution is -2.09. The first-order valence-electron chi connectivity index (χ1n) is 19.6. The van der Waals surface area contributed by atoms with E-state index in [1.807, 2.05) is 54.6 Å². The number of benzene rings is 3. The smallest absolute Gasteiger partial charge is 0.343 e. The van der Waals surface area contributed by atoms with Crippen molar-refractivity contribution in [3.05, 3.63) is 77.9 Å². The van der Waals surface area contributed by atoms with Crippen LogP contribution in [0.25, 0.3) is 0 Å². The Kier molecular flexibility index (Phi) is 20.8. The molecule has 0 N–H and O–H groups in total. The maximum Gasteiger partial charge on any atom is 0.343 e. The van der Waals surface area contributed by atoms with E-state index in [4.69, 9.17) is 18.9 Å². The first-order chi connectivity index (χ1) is 24.1. The number of unbranched alkanes of at least 4 members (excludes halogenated alkanes) is 16. The van der Waals surface area contributed by atoms with Crippen molar-refractivity contribution in [2.45, 2.75) is 149 Å². The molecular formula is C44H64O5. The molecule has 0 radical (unpaired) electrons. The van der Waals surface area contributed by atoms with Crippen molar-refractivity contribution in [3.63, 3.8) is 0 Å². The van der Waals surface area contributed by atoms with Crippen LogP contribution in [0.3, 0.4) is 0 Å². The summed E-state index contributed by atoms with van der Waals surface area (Å²) < 4.78 is 24.1. The summed E-state index contributed by atoms with van der Waals surface area (Å²) in [4.78, 5) is 13.1. The number of carbonyl (C=O) groups excluding carboxylic acids is 1. The van der Waals surface area contributed by atoms with Crippen LogP contribution in [0.4, 0.5) is 0 Å². The van der Waals surface area contributed by atoms with Crippen molar-refractivity contribution < 1.29 is 23.7 Å². The maximum absolute atomic E-state index is 13.1. The van der Waals surface area contributed by atoms with Crippen LogP contribution in [0.5, 0.6) is 28.7 Å². The van der Waals surface area contributed by atoms with E-state index in [9.17, 15) is 4.79 Å². The molecule has 0 saturated carbocycles. The van der Waals surface area contributed by atoms with Gasteiger partial charge in [-0.25, -0.2) is 4.79 Å². The van der Waals surface area contributed by atoms with E-state index < -0.39 is 0 Å². The molecular weight excluding hydrogens is 608 g/mol. The van der Waals surface area contributed by atoms with Crippen LogP contribution < -0.4 is 18.9 Å². The molecule has 0 saturated heterocycles. The highest BCUT2D eigenvalue weighted by atomic mass is 16.5. The van der Waals surface area contributed by atoms with Gasteiger partial charge in [0, 0.05) is 0 Å². The second kappa shape index (κ2) is 25.5. The molecule has 0 bridgehead atoms. The van der Waals surface area contributed by atoms with Gasteiger partial charge in [0.25, 0.3) is 0 Å². The second-order valence-corrected chi connectivity index (χ2v) is 13.4. The Morgan fingerprint density at radius 1 is 0.469 bits per heavy atom. The van der Waals surface area contributed by atoms with Crippen LogP contribution in [0.1, 0.15) is 159 Å². The van der Waals surface area contributed by atoms with Crippen LogP contribution in [0.15, 0.2) is 66.7 Å². The zero-order valence-electron chi connectivity index (χ0n) is 30.9. The number of ether oxygens (including phenoxy) is 4. The molecule has 0 amide bonds. The molecule has 0 aliphatic heterocycles. The number of rotatable bonds is 28. The van der Waals surface area contributed by atoms with E-state index in [1.165, 1.54) is 103 Å². The van der Waals surface area contributed by atoms with E-state index in [0.717, 1.165) is 60.9 Å². The third-order valence-corrected chi connectivity index (χ3v) is 8.97. The summed E-state index contributed by atoms with van der Waals surface area (Å²) in [6.45, 7) is 8.17. The van der Waals surface area contributed by atoms with E-state index >= 15 is 0 Å². The van der Waals surface area contributed by atoms with Crippen molar-refractivity contribution in [1.29, 1.82) is 0 Å². The Morgan fingerprint density at radius 2 is 0.898 bits per heavy atom. The van der Waals surface area contributed by atoms with Gasteiger partial charge in [-0.3, -0.25) is 0 Å². The molecule has 0 aliphatic carbocycles. The molecule has 0 spiro atoms. The molecule has 49 heavy (non-hydrogen) atoms.